The topological polar surface area (TPSA) is 88.5 Å². The Morgan fingerprint density at radius 1 is 1.59 bits per heavy atom. The predicted octanol–water partition coefficient (Wildman–Crippen LogP) is 0.338. The van der Waals surface area contributed by atoms with Crippen molar-refractivity contribution in [3.8, 4) is 0 Å². The quantitative estimate of drug-likeness (QED) is 0.801. The maximum Gasteiger partial charge on any atom is 0.255 e. The van der Waals surface area contributed by atoms with Gasteiger partial charge in [0.15, 0.2) is 0 Å². The maximum atomic E-state index is 12.0. The van der Waals surface area contributed by atoms with E-state index in [0.717, 1.165) is 5.69 Å². The average molecular weight is 234 g/mol. The summed E-state index contributed by atoms with van der Waals surface area (Å²) in [7, 11) is 1.80. The second-order valence-corrected chi connectivity index (χ2v) is 3.83. The molecule has 7 nitrogen and oxygen atoms in total. The summed E-state index contributed by atoms with van der Waals surface area (Å²) in [5.41, 5.74) is 1.39. The fraction of sp³-hybridized carbons (Fsp3) is 0.400. The summed E-state index contributed by atoms with van der Waals surface area (Å²) < 4.78 is 1.66. The molecule has 0 radical (unpaired) electrons. The van der Waals surface area contributed by atoms with Crippen LogP contribution >= 0.6 is 0 Å². The van der Waals surface area contributed by atoms with Gasteiger partial charge in [-0.25, -0.2) is 4.98 Å². The zero-order chi connectivity index (χ0) is 12.4. The Morgan fingerprint density at radius 3 is 2.88 bits per heavy atom. The van der Waals surface area contributed by atoms with Gasteiger partial charge in [-0.3, -0.25) is 14.6 Å². The normalized spacial score (nSPS) is 12.4. The van der Waals surface area contributed by atoms with Crippen molar-refractivity contribution in [2.24, 2.45) is 7.05 Å². The Kier molecular flexibility index (Phi) is 2.90. The number of rotatable bonds is 3. The third kappa shape index (κ3) is 2.17. The maximum absolute atomic E-state index is 12.0. The molecular formula is C10H14N6O. The molecule has 90 valence electrons. The van der Waals surface area contributed by atoms with Crippen LogP contribution in [0.25, 0.3) is 0 Å². The van der Waals surface area contributed by atoms with Crippen LogP contribution in [0.2, 0.25) is 0 Å². The van der Waals surface area contributed by atoms with Crippen molar-refractivity contribution in [1.82, 2.24) is 30.3 Å². The van der Waals surface area contributed by atoms with Crippen LogP contribution in [-0.2, 0) is 7.05 Å². The van der Waals surface area contributed by atoms with Gasteiger partial charge in [-0.1, -0.05) is 0 Å². The van der Waals surface area contributed by atoms with Crippen LogP contribution in [0.4, 0.5) is 0 Å². The summed E-state index contributed by atoms with van der Waals surface area (Å²) >= 11 is 0. The molecule has 17 heavy (non-hydrogen) atoms. The second-order valence-electron chi connectivity index (χ2n) is 3.83. The highest BCUT2D eigenvalue weighted by Crippen LogP contribution is 2.09. The molecule has 0 aliphatic rings. The van der Waals surface area contributed by atoms with E-state index < -0.39 is 0 Å². The summed E-state index contributed by atoms with van der Waals surface area (Å²) in [6.07, 6.45) is 2.96. The lowest BCUT2D eigenvalue weighted by Crippen LogP contribution is -2.27. The minimum Gasteiger partial charge on any atom is -0.342 e. The monoisotopic (exact) mass is 234 g/mol. The van der Waals surface area contributed by atoms with E-state index in [0.29, 0.717) is 11.4 Å². The van der Waals surface area contributed by atoms with Crippen molar-refractivity contribution in [2.45, 2.75) is 19.9 Å². The Balaban J connectivity index is 2.10. The number of nitrogens with one attached hydrogen (secondary N) is 2. The number of aromatic nitrogens is 5. The van der Waals surface area contributed by atoms with Gasteiger partial charge in [-0.05, 0) is 13.8 Å². The smallest absolute Gasteiger partial charge is 0.255 e. The predicted molar refractivity (Wildman–Crippen MR) is 60.2 cm³/mol. The van der Waals surface area contributed by atoms with E-state index in [-0.39, 0.29) is 11.9 Å². The first kappa shape index (κ1) is 11.3. The second kappa shape index (κ2) is 4.36. The number of aromatic amines is 1. The fourth-order valence-corrected chi connectivity index (χ4v) is 1.49. The van der Waals surface area contributed by atoms with Crippen LogP contribution < -0.4 is 5.32 Å². The van der Waals surface area contributed by atoms with Gasteiger partial charge >= 0.3 is 0 Å². The van der Waals surface area contributed by atoms with Gasteiger partial charge in [-0.15, -0.1) is 0 Å². The summed E-state index contributed by atoms with van der Waals surface area (Å²) in [5, 5.41) is 13.3. The minimum atomic E-state index is -0.218. The van der Waals surface area contributed by atoms with Crippen LogP contribution in [-0.4, -0.2) is 30.9 Å². The standard InChI is InChI=1S/C10H14N6O/c1-6(9-11-5-12-15-9)14-10(17)8-4-13-16(3)7(8)2/h4-6H,1-3H3,(H,14,17)(H,11,12,15). The molecule has 1 amide bonds. The number of hydrogen-bond donors (Lipinski definition) is 2. The van der Waals surface area contributed by atoms with Gasteiger partial charge < -0.3 is 5.32 Å². The third-order valence-corrected chi connectivity index (χ3v) is 2.67. The molecule has 0 aliphatic heterocycles. The van der Waals surface area contributed by atoms with E-state index in [1.54, 1.807) is 17.9 Å². The lowest BCUT2D eigenvalue weighted by atomic mass is 10.2. The molecule has 2 aromatic heterocycles. The first-order valence-electron chi connectivity index (χ1n) is 5.24. The van der Waals surface area contributed by atoms with Gasteiger partial charge in [0.25, 0.3) is 5.91 Å². The highest BCUT2D eigenvalue weighted by molar-refractivity contribution is 5.95. The number of amides is 1. The van der Waals surface area contributed by atoms with E-state index in [1.165, 1.54) is 6.33 Å². The Morgan fingerprint density at radius 2 is 2.35 bits per heavy atom. The highest BCUT2D eigenvalue weighted by Gasteiger charge is 2.16. The molecule has 0 bridgehead atoms. The van der Waals surface area contributed by atoms with Crippen molar-refractivity contribution in [3.63, 3.8) is 0 Å². The number of carbonyl (C=O) groups excluding carboxylic acids is 1. The lowest BCUT2D eigenvalue weighted by molar-refractivity contribution is 0.0937. The van der Waals surface area contributed by atoms with Crippen LogP contribution in [0.5, 0.6) is 0 Å². The van der Waals surface area contributed by atoms with E-state index >= 15 is 0 Å². The van der Waals surface area contributed by atoms with Gasteiger partial charge in [0, 0.05) is 12.7 Å². The zero-order valence-corrected chi connectivity index (χ0v) is 9.93. The number of hydrogen-bond acceptors (Lipinski definition) is 4. The average Bonchev–Trinajstić information content (AvgIpc) is 2.90. The molecule has 2 rings (SSSR count). The van der Waals surface area contributed by atoms with Gasteiger partial charge in [0.1, 0.15) is 12.2 Å². The molecule has 0 fully saturated rings. The van der Waals surface area contributed by atoms with Crippen LogP contribution in [0.15, 0.2) is 12.5 Å². The molecule has 0 saturated heterocycles. The zero-order valence-electron chi connectivity index (χ0n) is 9.93. The van der Waals surface area contributed by atoms with E-state index in [9.17, 15) is 4.79 Å². The molecule has 2 aromatic rings. The third-order valence-electron chi connectivity index (χ3n) is 2.67. The van der Waals surface area contributed by atoms with E-state index in [1.807, 2.05) is 13.8 Å². The van der Waals surface area contributed by atoms with Crippen molar-refractivity contribution < 1.29 is 4.79 Å². The molecular weight excluding hydrogens is 220 g/mol. The lowest BCUT2D eigenvalue weighted by Gasteiger charge is -2.10. The van der Waals surface area contributed by atoms with Crippen molar-refractivity contribution in [1.29, 1.82) is 0 Å². The van der Waals surface area contributed by atoms with Crippen molar-refractivity contribution in [2.75, 3.05) is 0 Å². The van der Waals surface area contributed by atoms with Crippen molar-refractivity contribution in [3.05, 3.63) is 29.6 Å². The Bertz CT molecular complexity index is 515. The highest BCUT2D eigenvalue weighted by atomic mass is 16.1. The molecule has 0 aliphatic carbocycles. The van der Waals surface area contributed by atoms with E-state index in [4.69, 9.17) is 0 Å². The summed E-state index contributed by atoms with van der Waals surface area (Å²) in [6, 6.07) is -0.218. The molecule has 1 unspecified atom stereocenters. The molecule has 7 heteroatoms. The van der Waals surface area contributed by atoms with Gasteiger partial charge in [-0.2, -0.15) is 10.2 Å². The SMILES string of the molecule is Cc1c(C(=O)NC(C)c2ncn[nH]2)cnn1C. The molecule has 0 saturated carbocycles. The first-order valence-corrected chi connectivity index (χ1v) is 5.24. The van der Waals surface area contributed by atoms with E-state index in [2.05, 4.69) is 25.6 Å². The number of aryl methyl sites for hydroxylation is 1. The number of H-pyrrole nitrogens is 1. The summed E-state index contributed by atoms with van der Waals surface area (Å²) in [4.78, 5) is 15.9. The van der Waals surface area contributed by atoms with Crippen LogP contribution in [0.3, 0.4) is 0 Å². The molecule has 2 N–H and O–H groups in total. The number of nitrogens with zero attached hydrogens (tertiary/aromatic N) is 4. The molecule has 0 spiro atoms. The van der Waals surface area contributed by atoms with Crippen LogP contribution in [0.1, 0.15) is 34.8 Å². The Hall–Kier alpha value is -2.18. The number of carbonyl (C=O) groups is 1. The van der Waals surface area contributed by atoms with Gasteiger partial charge in [0.05, 0.1) is 17.8 Å². The molecule has 1 atom stereocenters. The molecule has 2 heterocycles. The summed E-state index contributed by atoms with van der Waals surface area (Å²) in [5.74, 6) is 0.458. The van der Waals surface area contributed by atoms with Gasteiger partial charge in [0.2, 0.25) is 0 Å². The largest absolute Gasteiger partial charge is 0.342 e. The van der Waals surface area contributed by atoms with Crippen LogP contribution in [0, 0.1) is 6.92 Å². The minimum absolute atomic E-state index is 0.167. The molecule has 0 aromatic carbocycles. The van der Waals surface area contributed by atoms with Crippen molar-refractivity contribution >= 4 is 5.91 Å². The summed E-state index contributed by atoms with van der Waals surface area (Å²) in [6.45, 7) is 3.69. The fourth-order valence-electron chi connectivity index (χ4n) is 1.49. The Labute approximate surface area is 98.2 Å². The first-order chi connectivity index (χ1) is 8.09.